The van der Waals surface area contributed by atoms with Crippen molar-refractivity contribution < 1.29 is 4.74 Å². The highest BCUT2D eigenvalue weighted by atomic mass is 16.5. The number of fused-ring (bicyclic) bond motifs is 5. The van der Waals surface area contributed by atoms with Gasteiger partial charge in [-0.15, -0.1) is 0 Å². The fraction of sp³-hybridized carbons (Fsp3) is 0.294. The molecule has 0 saturated carbocycles. The lowest BCUT2D eigenvalue weighted by Crippen LogP contribution is -2.17. The van der Waals surface area contributed by atoms with Gasteiger partial charge in [0.05, 0.1) is 0 Å². The van der Waals surface area contributed by atoms with E-state index in [0.717, 1.165) is 37.8 Å². The molecule has 0 bridgehead atoms. The van der Waals surface area contributed by atoms with Crippen molar-refractivity contribution in [2.75, 3.05) is 4.90 Å². The maximum absolute atomic E-state index is 7.03. The number of anilines is 3. The van der Waals surface area contributed by atoms with Crippen molar-refractivity contribution in [3.63, 3.8) is 0 Å². The zero-order valence-corrected chi connectivity index (χ0v) is 32.0. The number of hydrogen-bond acceptors (Lipinski definition) is 2. The van der Waals surface area contributed by atoms with E-state index in [1.165, 1.54) is 91.2 Å². The predicted octanol–water partition coefficient (Wildman–Crippen LogP) is 14.0. The zero-order valence-electron chi connectivity index (χ0n) is 32.0. The fourth-order valence-corrected chi connectivity index (χ4v) is 9.67. The van der Waals surface area contributed by atoms with Gasteiger partial charge in [-0.2, -0.15) is 0 Å². The van der Waals surface area contributed by atoms with Gasteiger partial charge >= 0.3 is 0 Å². The molecular formula is C51H51NO. The van der Waals surface area contributed by atoms with E-state index >= 15 is 0 Å². The van der Waals surface area contributed by atoms with Gasteiger partial charge in [0.2, 0.25) is 0 Å². The Bertz CT molecular complexity index is 2300. The highest BCUT2D eigenvalue weighted by Crippen LogP contribution is 2.53. The summed E-state index contributed by atoms with van der Waals surface area (Å²) in [5.74, 6) is 1.17. The van der Waals surface area contributed by atoms with Gasteiger partial charge in [0.15, 0.2) is 0 Å². The molecule has 0 N–H and O–H groups in total. The van der Waals surface area contributed by atoms with Crippen molar-refractivity contribution >= 4 is 28.2 Å². The third-order valence-electron chi connectivity index (χ3n) is 12.6. The molecule has 2 heteroatoms. The molecule has 0 spiro atoms. The van der Waals surface area contributed by atoms with Crippen LogP contribution in [0.1, 0.15) is 107 Å². The van der Waals surface area contributed by atoms with Crippen LogP contribution < -0.4 is 4.90 Å². The SMILES string of the molecule is CC1OC2=C(C=CCCCC2)CC=CC2=C1c1cc(N(c3ccc(C4=CC=CCC4)cc3)c3ccc4c(c3)C(C)(C)c3ccccc3-4)ccc1C2(C)C. The highest BCUT2D eigenvalue weighted by Gasteiger charge is 2.40. The Hall–Kier alpha value is -5.08. The van der Waals surface area contributed by atoms with E-state index in [4.69, 9.17) is 4.74 Å². The van der Waals surface area contributed by atoms with E-state index in [1.807, 2.05) is 0 Å². The van der Waals surface area contributed by atoms with Crippen molar-refractivity contribution in [1.29, 1.82) is 0 Å². The summed E-state index contributed by atoms with van der Waals surface area (Å²) in [6, 6.07) is 32.5. The number of nitrogens with zero attached hydrogens (tertiary/aromatic N) is 1. The van der Waals surface area contributed by atoms with Gasteiger partial charge in [0.25, 0.3) is 0 Å². The summed E-state index contributed by atoms with van der Waals surface area (Å²) in [5, 5.41) is 0. The summed E-state index contributed by atoms with van der Waals surface area (Å²) in [6.07, 6.45) is 23.7. The summed E-state index contributed by atoms with van der Waals surface area (Å²) in [6.45, 7) is 11.8. The maximum Gasteiger partial charge on any atom is 0.121 e. The molecule has 0 fully saturated rings. The average molecular weight is 694 g/mol. The van der Waals surface area contributed by atoms with Gasteiger partial charge in [-0.05, 0) is 138 Å². The molecule has 2 nitrogen and oxygen atoms in total. The molecule has 1 heterocycles. The van der Waals surface area contributed by atoms with Crippen LogP contribution in [-0.4, -0.2) is 6.10 Å². The first-order valence-electron chi connectivity index (χ1n) is 19.8. The van der Waals surface area contributed by atoms with E-state index in [9.17, 15) is 0 Å². The first-order chi connectivity index (χ1) is 25.7. The third-order valence-corrected chi connectivity index (χ3v) is 12.6. The van der Waals surface area contributed by atoms with Gasteiger partial charge in [0.1, 0.15) is 11.9 Å². The monoisotopic (exact) mass is 693 g/mol. The van der Waals surface area contributed by atoms with Gasteiger partial charge in [-0.25, -0.2) is 0 Å². The molecule has 1 atom stereocenters. The molecule has 1 aliphatic heterocycles. The third kappa shape index (κ3) is 5.70. The lowest BCUT2D eigenvalue weighted by Gasteiger charge is -2.29. The molecule has 4 aromatic rings. The predicted molar refractivity (Wildman–Crippen MR) is 224 cm³/mol. The maximum atomic E-state index is 7.03. The lowest BCUT2D eigenvalue weighted by molar-refractivity contribution is 0.164. The average Bonchev–Trinajstić information content (AvgIpc) is 3.55. The standard InChI is InChI=1S/C51H51NO/c1-34-49-43-32-39(29-31-45(43)50(2,3)46(49)22-15-19-37-18-9-6-7-12-23-48(37)53-34)52(38-26-24-36(25-27-38)35-16-10-8-11-17-35)40-28-30-42-41-20-13-14-21-44(41)51(4,5)47(42)33-40/h8-10,13-16,18,20-22,24-34H,6-7,11-12,17,19,23H2,1-5H3. The summed E-state index contributed by atoms with van der Waals surface area (Å²) in [5.41, 5.74) is 18.2. The molecule has 5 aliphatic rings. The second-order valence-corrected chi connectivity index (χ2v) is 16.6. The minimum Gasteiger partial charge on any atom is -0.490 e. The van der Waals surface area contributed by atoms with Gasteiger partial charge in [0, 0.05) is 39.9 Å². The van der Waals surface area contributed by atoms with Crippen LogP contribution in [0.2, 0.25) is 0 Å². The van der Waals surface area contributed by atoms with E-state index in [0.29, 0.717) is 0 Å². The second kappa shape index (κ2) is 13.1. The molecule has 53 heavy (non-hydrogen) atoms. The number of allylic oxidation sites excluding steroid dienone is 11. The van der Waals surface area contributed by atoms with Crippen LogP contribution in [0.25, 0.3) is 22.3 Å². The molecular weight excluding hydrogens is 643 g/mol. The van der Waals surface area contributed by atoms with Crippen LogP contribution in [0, 0.1) is 0 Å². The Morgan fingerprint density at radius 2 is 1.40 bits per heavy atom. The van der Waals surface area contributed by atoms with Crippen LogP contribution in [-0.2, 0) is 15.6 Å². The van der Waals surface area contributed by atoms with E-state index in [2.05, 4.69) is 167 Å². The topological polar surface area (TPSA) is 12.5 Å². The van der Waals surface area contributed by atoms with Gasteiger partial charge in [-0.1, -0.05) is 119 Å². The van der Waals surface area contributed by atoms with Crippen molar-refractivity contribution in [2.24, 2.45) is 0 Å². The largest absolute Gasteiger partial charge is 0.490 e. The molecule has 266 valence electrons. The Balaban J connectivity index is 1.18. The van der Waals surface area contributed by atoms with Crippen LogP contribution >= 0.6 is 0 Å². The molecule has 0 saturated heterocycles. The minimum atomic E-state index is -0.135. The number of rotatable bonds is 4. The summed E-state index contributed by atoms with van der Waals surface area (Å²) in [7, 11) is 0. The smallest absolute Gasteiger partial charge is 0.121 e. The highest BCUT2D eigenvalue weighted by molar-refractivity contribution is 5.90. The molecule has 4 aromatic carbocycles. The molecule has 0 radical (unpaired) electrons. The lowest BCUT2D eigenvalue weighted by atomic mass is 9.80. The molecule has 0 amide bonds. The quantitative estimate of drug-likeness (QED) is 0.211. The molecule has 0 aromatic heterocycles. The van der Waals surface area contributed by atoms with Crippen LogP contribution in [0.15, 0.2) is 144 Å². The van der Waals surface area contributed by atoms with Crippen molar-refractivity contribution in [3.8, 4) is 11.1 Å². The summed E-state index contributed by atoms with van der Waals surface area (Å²) < 4.78 is 7.03. The Kier molecular flexibility index (Phi) is 8.34. The number of hydrogen-bond donors (Lipinski definition) is 0. The fourth-order valence-electron chi connectivity index (χ4n) is 9.67. The van der Waals surface area contributed by atoms with E-state index in [1.54, 1.807) is 0 Å². The zero-order chi connectivity index (χ0) is 36.3. The van der Waals surface area contributed by atoms with Crippen LogP contribution in [0.5, 0.6) is 0 Å². The molecule has 9 rings (SSSR count). The Morgan fingerprint density at radius 1 is 0.642 bits per heavy atom. The molecule has 4 aliphatic carbocycles. The van der Waals surface area contributed by atoms with Crippen molar-refractivity contribution in [1.82, 2.24) is 0 Å². The van der Waals surface area contributed by atoms with Crippen molar-refractivity contribution in [3.05, 3.63) is 172 Å². The van der Waals surface area contributed by atoms with Crippen LogP contribution in [0.3, 0.4) is 0 Å². The normalized spacial score (nSPS) is 20.8. The van der Waals surface area contributed by atoms with E-state index < -0.39 is 0 Å². The Labute approximate surface area is 316 Å². The van der Waals surface area contributed by atoms with E-state index in [-0.39, 0.29) is 16.9 Å². The van der Waals surface area contributed by atoms with Gasteiger partial charge < -0.3 is 9.64 Å². The van der Waals surface area contributed by atoms with Crippen molar-refractivity contribution in [2.45, 2.75) is 96.5 Å². The summed E-state index contributed by atoms with van der Waals surface area (Å²) in [4.78, 5) is 2.47. The summed E-state index contributed by atoms with van der Waals surface area (Å²) >= 11 is 0. The number of ether oxygens (including phenoxy) is 1. The first kappa shape index (κ1) is 33.7. The van der Waals surface area contributed by atoms with Crippen LogP contribution in [0.4, 0.5) is 17.1 Å². The number of benzene rings is 4. The minimum absolute atomic E-state index is 0.0637. The Morgan fingerprint density at radius 3 is 2.23 bits per heavy atom. The first-order valence-corrected chi connectivity index (χ1v) is 19.8. The second-order valence-electron chi connectivity index (χ2n) is 16.6. The molecule has 1 unspecified atom stereocenters. The van der Waals surface area contributed by atoms with Gasteiger partial charge in [-0.3, -0.25) is 0 Å².